The quantitative estimate of drug-likeness (QED) is 0.359. The van der Waals surface area contributed by atoms with Crippen molar-refractivity contribution >= 4 is 24.6 Å². The second kappa shape index (κ2) is 6.71. The van der Waals surface area contributed by atoms with Gasteiger partial charge in [-0.25, -0.2) is 15.0 Å². The topological polar surface area (TPSA) is 169 Å². The van der Waals surface area contributed by atoms with Crippen molar-refractivity contribution in [3.05, 3.63) is 12.7 Å². The molecule has 3 rings (SSSR count). The molecule has 5 atom stereocenters. The van der Waals surface area contributed by atoms with Crippen molar-refractivity contribution < 1.29 is 58.5 Å². The van der Waals surface area contributed by atoms with Gasteiger partial charge in [-0.2, -0.15) is 0 Å². The van der Waals surface area contributed by atoms with E-state index in [9.17, 15) is 19.7 Å². The first-order valence-corrected chi connectivity index (χ1v) is 8.18. The van der Waals surface area contributed by atoms with Crippen molar-refractivity contribution in [2.75, 3.05) is 12.4 Å². The molecule has 0 spiro atoms. The molecule has 0 radical (unpaired) electrons. The number of imidazole rings is 1. The second-order valence-electron chi connectivity index (χ2n) is 4.84. The van der Waals surface area contributed by atoms with E-state index in [2.05, 4.69) is 19.5 Å². The molecule has 1 aliphatic rings. The van der Waals surface area contributed by atoms with Crippen LogP contribution in [-0.4, -0.2) is 54.9 Å². The smallest absolute Gasteiger partial charge is 0.779 e. The SMILES string of the molecule is CP(=O)([O-])O[C@H]1O[C@@H](n2cnc3c(N)ncnc32)[C@H](O)[C@@H]1O.[Na+]. The molecule has 23 heavy (non-hydrogen) atoms. The van der Waals surface area contributed by atoms with Crippen molar-refractivity contribution in [3.8, 4) is 0 Å². The summed E-state index contributed by atoms with van der Waals surface area (Å²) in [5.41, 5.74) is 6.22. The number of hydrogen-bond donors (Lipinski definition) is 3. The predicted octanol–water partition coefficient (Wildman–Crippen LogP) is -4.81. The summed E-state index contributed by atoms with van der Waals surface area (Å²) in [4.78, 5) is 22.9. The zero-order chi connectivity index (χ0) is 16.1. The van der Waals surface area contributed by atoms with Gasteiger partial charge < -0.3 is 34.7 Å². The zero-order valence-corrected chi connectivity index (χ0v) is 15.2. The van der Waals surface area contributed by atoms with Crippen LogP contribution < -0.4 is 40.2 Å². The van der Waals surface area contributed by atoms with Crippen LogP contribution in [0.4, 0.5) is 5.82 Å². The predicted molar refractivity (Wildman–Crippen MR) is 70.3 cm³/mol. The molecule has 4 N–H and O–H groups in total. The van der Waals surface area contributed by atoms with E-state index in [0.717, 1.165) is 6.66 Å². The molecule has 2 aromatic rings. The summed E-state index contributed by atoms with van der Waals surface area (Å²) in [6.07, 6.45) is -3.15. The fourth-order valence-corrected chi connectivity index (χ4v) is 2.74. The fourth-order valence-electron chi connectivity index (χ4n) is 2.19. The van der Waals surface area contributed by atoms with E-state index >= 15 is 0 Å². The molecule has 0 aliphatic carbocycles. The van der Waals surface area contributed by atoms with E-state index in [1.807, 2.05) is 0 Å². The molecule has 1 fully saturated rings. The minimum Gasteiger partial charge on any atom is -0.779 e. The van der Waals surface area contributed by atoms with Crippen molar-refractivity contribution in [1.29, 1.82) is 0 Å². The van der Waals surface area contributed by atoms with Crippen LogP contribution in [0.2, 0.25) is 0 Å². The van der Waals surface area contributed by atoms with Crippen LogP contribution in [0.1, 0.15) is 6.23 Å². The first-order chi connectivity index (χ1) is 10.3. The maximum Gasteiger partial charge on any atom is 1.00 e. The van der Waals surface area contributed by atoms with Crippen molar-refractivity contribution in [2.45, 2.75) is 24.7 Å². The van der Waals surface area contributed by atoms with Gasteiger partial charge in [0.05, 0.1) is 6.33 Å². The van der Waals surface area contributed by atoms with E-state index in [1.54, 1.807) is 0 Å². The number of nitrogens with two attached hydrogens (primary N) is 1. The van der Waals surface area contributed by atoms with Gasteiger partial charge in [-0.3, -0.25) is 4.57 Å². The van der Waals surface area contributed by atoms with E-state index in [4.69, 9.17) is 10.5 Å². The van der Waals surface area contributed by atoms with Crippen LogP contribution in [0.15, 0.2) is 12.7 Å². The number of fused-ring (bicyclic) bond motifs is 1. The number of rotatable bonds is 3. The maximum atomic E-state index is 11.2. The first kappa shape index (κ1) is 18.7. The third-order valence-corrected chi connectivity index (χ3v) is 3.74. The van der Waals surface area contributed by atoms with Crippen LogP contribution in [0, 0.1) is 0 Å². The van der Waals surface area contributed by atoms with Gasteiger partial charge in [-0.1, -0.05) is 0 Å². The van der Waals surface area contributed by atoms with E-state index in [0.29, 0.717) is 5.52 Å². The van der Waals surface area contributed by atoms with Gasteiger partial charge in [0.1, 0.15) is 31.6 Å². The monoisotopic (exact) mass is 353 g/mol. The molecule has 1 saturated heterocycles. The van der Waals surface area contributed by atoms with E-state index in [1.165, 1.54) is 17.2 Å². The Morgan fingerprint density at radius 3 is 2.74 bits per heavy atom. The number of aliphatic hydroxyl groups excluding tert-OH is 2. The molecule has 0 bridgehead atoms. The molecule has 13 heteroatoms. The van der Waals surface area contributed by atoms with Crippen LogP contribution in [0.3, 0.4) is 0 Å². The molecule has 1 aliphatic heterocycles. The van der Waals surface area contributed by atoms with Gasteiger partial charge in [0, 0.05) is 6.66 Å². The van der Waals surface area contributed by atoms with Crippen LogP contribution in [0.25, 0.3) is 11.2 Å². The Labute approximate surface area is 152 Å². The molecule has 0 saturated carbocycles. The summed E-state index contributed by atoms with van der Waals surface area (Å²) >= 11 is 0. The van der Waals surface area contributed by atoms with E-state index < -0.39 is 32.3 Å². The van der Waals surface area contributed by atoms with E-state index in [-0.39, 0.29) is 41.0 Å². The molecule has 0 aromatic carbocycles. The Bertz CT molecular complexity index is 752. The molecular formula is C10H13N5NaO6P. The number of aromatic nitrogens is 4. The Morgan fingerprint density at radius 2 is 2.09 bits per heavy atom. The maximum absolute atomic E-state index is 11.2. The Kier molecular flexibility index (Phi) is 5.46. The van der Waals surface area contributed by atoms with Gasteiger partial charge in [-0.05, 0) is 0 Å². The van der Waals surface area contributed by atoms with Gasteiger partial charge in [0.15, 0.2) is 24.0 Å². The minimum absolute atomic E-state index is 0. The van der Waals surface area contributed by atoms with Crippen LogP contribution in [0.5, 0.6) is 0 Å². The summed E-state index contributed by atoms with van der Waals surface area (Å²) in [6, 6.07) is 0. The Hall–Kier alpha value is -0.620. The van der Waals surface area contributed by atoms with Crippen LogP contribution in [-0.2, 0) is 13.8 Å². The number of anilines is 1. The largest absolute Gasteiger partial charge is 1.00 e. The normalized spacial score (nSPS) is 30.1. The Balaban J connectivity index is 0.00000192. The number of aliphatic hydroxyl groups is 2. The van der Waals surface area contributed by atoms with Crippen molar-refractivity contribution in [3.63, 3.8) is 0 Å². The number of nitrogen functional groups attached to an aromatic ring is 1. The van der Waals surface area contributed by atoms with Gasteiger partial charge in [-0.15, -0.1) is 0 Å². The summed E-state index contributed by atoms with van der Waals surface area (Å²) in [5, 5.41) is 19.9. The molecular weight excluding hydrogens is 340 g/mol. The van der Waals surface area contributed by atoms with Gasteiger partial charge in [0.25, 0.3) is 0 Å². The summed E-state index contributed by atoms with van der Waals surface area (Å²) in [5.74, 6) is 0.141. The minimum atomic E-state index is -4.15. The number of hydrogen-bond acceptors (Lipinski definition) is 10. The summed E-state index contributed by atoms with van der Waals surface area (Å²) in [7, 11) is -4.15. The zero-order valence-electron chi connectivity index (χ0n) is 12.3. The van der Waals surface area contributed by atoms with Gasteiger partial charge >= 0.3 is 29.6 Å². The molecule has 0 amide bonds. The molecule has 11 nitrogen and oxygen atoms in total. The molecule has 120 valence electrons. The fraction of sp³-hybridized carbons (Fsp3) is 0.500. The summed E-state index contributed by atoms with van der Waals surface area (Å²) in [6.45, 7) is 0.837. The number of ether oxygens (including phenoxy) is 1. The average Bonchev–Trinajstić information content (AvgIpc) is 2.95. The first-order valence-electron chi connectivity index (χ1n) is 6.19. The third-order valence-electron chi connectivity index (χ3n) is 3.15. The average molecular weight is 353 g/mol. The molecule has 3 heterocycles. The standard InChI is InChI=1S/C10H14N5O6P.Na/c1-22(18,19)21-10-6(17)5(16)9(20-10)15-3-14-4-7(11)12-2-13-8(4)15;/h2-3,5-6,9-10,16-17H,1H3,(H,18,19)(H2,11,12,13);/q;+1/p-1/t5-,6+,9-,10-;/m1./s1. The third kappa shape index (κ3) is 3.58. The van der Waals surface area contributed by atoms with Gasteiger partial charge in [0.2, 0.25) is 0 Å². The van der Waals surface area contributed by atoms with Crippen molar-refractivity contribution in [2.24, 2.45) is 0 Å². The summed E-state index contributed by atoms with van der Waals surface area (Å²) < 4.78 is 22.4. The second-order valence-corrected chi connectivity index (χ2v) is 6.59. The van der Waals surface area contributed by atoms with Crippen molar-refractivity contribution in [1.82, 2.24) is 19.5 Å². The number of nitrogens with zero attached hydrogens (tertiary/aromatic N) is 4. The molecule has 1 unspecified atom stereocenters. The Morgan fingerprint density at radius 1 is 1.39 bits per heavy atom. The van der Waals surface area contributed by atoms with Crippen LogP contribution >= 0.6 is 7.60 Å². The molecule has 2 aromatic heterocycles.